The average Bonchev–Trinajstić information content (AvgIpc) is 3.06. The van der Waals surface area contributed by atoms with E-state index in [2.05, 4.69) is 10.3 Å². The number of rotatable bonds is 9. The van der Waals surface area contributed by atoms with E-state index >= 15 is 0 Å². The Labute approximate surface area is 254 Å². The molecular weight excluding hydrogens is 558 g/mol. The van der Waals surface area contributed by atoms with E-state index < -0.39 is 29.5 Å². The molecule has 3 atom stereocenters. The molecule has 7 nitrogen and oxygen atoms in total. The Morgan fingerprint density at radius 2 is 1.53 bits per heavy atom. The number of pyridine rings is 1. The third-order valence-electron chi connectivity index (χ3n) is 7.36. The topological polar surface area (TPSA) is 88.6 Å². The zero-order valence-corrected chi connectivity index (χ0v) is 24.0. The number of fused-ring (bicyclic) bond motifs is 1. The van der Waals surface area contributed by atoms with Crippen molar-refractivity contribution in [1.82, 2.24) is 15.2 Å². The number of benzene rings is 3. The van der Waals surface area contributed by atoms with Gasteiger partial charge in [0.25, 0.3) is 0 Å². The van der Waals surface area contributed by atoms with Gasteiger partial charge >= 0.3 is 5.97 Å². The minimum atomic E-state index is -0.983. The summed E-state index contributed by atoms with van der Waals surface area (Å²) in [7, 11) is 0. The van der Waals surface area contributed by atoms with Crippen LogP contribution in [0.4, 0.5) is 0 Å². The van der Waals surface area contributed by atoms with Crippen molar-refractivity contribution in [1.29, 1.82) is 0 Å². The minimum Gasteiger partial charge on any atom is -0.451 e. The van der Waals surface area contributed by atoms with E-state index in [9.17, 15) is 14.4 Å². The number of hydrogen-bond donors (Lipinski definition) is 1. The van der Waals surface area contributed by atoms with Crippen molar-refractivity contribution < 1.29 is 19.1 Å². The highest BCUT2D eigenvalue weighted by Crippen LogP contribution is 2.41. The predicted molar refractivity (Wildman–Crippen MR) is 166 cm³/mol. The van der Waals surface area contributed by atoms with Crippen molar-refractivity contribution in [2.45, 2.75) is 30.0 Å². The van der Waals surface area contributed by atoms with Crippen LogP contribution >= 0.6 is 11.8 Å². The maximum atomic E-state index is 14.1. The Bertz CT molecular complexity index is 1610. The van der Waals surface area contributed by atoms with Crippen molar-refractivity contribution >= 4 is 35.6 Å². The summed E-state index contributed by atoms with van der Waals surface area (Å²) in [6, 6.07) is 30.5. The van der Waals surface area contributed by atoms with Gasteiger partial charge in [-0.25, -0.2) is 4.79 Å². The second-order valence-corrected chi connectivity index (χ2v) is 11.2. The summed E-state index contributed by atoms with van der Waals surface area (Å²) in [5, 5.41) is 4.32. The van der Waals surface area contributed by atoms with Crippen LogP contribution in [-0.2, 0) is 25.5 Å². The highest BCUT2D eigenvalue weighted by molar-refractivity contribution is 8.03. The fourth-order valence-corrected chi connectivity index (χ4v) is 6.43. The molecule has 3 heterocycles. The Hall–Kier alpha value is -4.95. The summed E-state index contributed by atoms with van der Waals surface area (Å²) < 4.78 is 6.22. The summed E-state index contributed by atoms with van der Waals surface area (Å²) in [5.74, 6) is -1.12. The van der Waals surface area contributed by atoms with Crippen molar-refractivity contribution in [3.8, 4) is 0 Å². The van der Waals surface area contributed by atoms with Gasteiger partial charge in [0.15, 0.2) is 12.1 Å². The lowest BCUT2D eigenvalue weighted by Crippen LogP contribution is -2.74. The Kier molecular flexibility index (Phi) is 8.47. The minimum absolute atomic E-state index is 0.165. The molecule has 0 spiro atoms. The number of hydrogen-bond acceptors (Lipinski definition) is 6. The maximum absolute atomic E-state index is 14.1. The number of esters is 1. The van der Waals surface area contributed by atoms with Crippen LogP contribution in [0.3, 0.4) is 0 Å². The SMILES string of the molecule is O=C(Cc1ccccc1)NC1C(=O)N2C(C(=O)OC(c3ccccc3)c3ccccc3)C(/C=C/c3cccnc3)=CS[C@H]12. The molecule has 3 aromatic carbocycles. The van der Waals surface area contributed by atoms with E-state index in [4.69, 9.17) is 4.74 Å². The number of β-lactam (4-membered cyclic amide) rings is 1. The van der Waals surface area contributed by atoms with E-state index in [1.165, 1.54) is 16.7 Å². The molecule has 2 unspecified atom stereocenters. The van der Waals surface area contributed by atoms with Gasteiger partial charge in [-0.15, -0.1) is 11.8 Å². The third kappa shape index (κ3) is 6.29. The van der Waals surface area contributed by atoms with Crippen LogP contribution in [0.5, 0.6) is 0 Å². The number of carbonyl (C=O) groups is 3. The van der Waals surface area contributed by atoms with Gasteiger partial charge in [-0.1, -0.05) is 109 Å². The second kappa shape index (κ2) is 12.9. The summed E-state index contributed by atoms with van der Waals surface area (Å²) in [6.45, 7) is 0. The first-order valence-corrected chi connectivity index (χ1v) is 14.9. The fourth-order valence-electron chi connectivity index (χ4n) is 5.23. The maximum Gasteiger partial charge on any atom is 0.334 e. The number of nitrogens with one attached hydrogen (secondary N) is 1. The van der Waals surface area contributed by atoms with Crippen LogP contribution in [-0.4, -0.2) is 45.1 Å². The van der Waals surface area contributed by atoms with E-state index in [1.807, 2.05) is 121 Å². The lowest BCUT2D eigenvalue weighted by atomic mass is 9.96. The molecule has 1 aromatic heterocycles. The van der Waals surface area contributed by atoms with Gasteiger partial charge in [-0.05, 0) is 39.3 Å². The smallest absolute Gasteiger partial charge is 0.334 e. The molecule has 0 saturated carbocycles. The van der Waals surface area contributed by atoms with Crippen LogP contribution < -0.4 is 5.32 Å². The number of ether oxygens (including phenoxy) is 1. The lowest BCUT2D eigenvalue weighted by molar-refractivity contribution is -0.165. The summed E-state index contributed by atoms with van der Waals surface area (Å²) in [4.78, 5) is 46.2. The van der Waals surface area contributed by atoms with Crippen molar-refractivity contribution in [3.63, 3.8) is 0 Å². The highest BCUT2D eigenvalue weighted by atomic mass is 32.2. The number of carbonyl (C=O) groups excluding carboxylic acids is 3. The average molecular weight is 588 g/mol. The molecule has 2 aliphatic rings. The van der Waals surface area contributed by atoms with Gasteiger partial charge < -0.3 is 15.0 Å². The molecule has 1 N–H and O–H groups in total. The number of aromatic nitrogens is 1. The molecule has 43 heavy (non-hydrogen) atoms. The van der Waals surface area contributed by atoms with Crippen LogP contribution in [0.1, 0.15) is 28.4 Å². The van der Waals surface area contributed by atoms with Gasteiger partial charge in [-0.2, -0.15) is 0 Å². The Morgan fingerprint density at radius 3 is 2.16 bits per heavy atom. The Balaban J connectivity index is 1.27. The van der Waals surface area contributed by atoms with Crippen LogP contribution in [0.15, 0.2) is 133 Å². The molecule has 8 heteroatoms. The van der Waals surface area contributed by atoms with Gasteiger partial charge in [0.2, 0.25) is 11.8 Å². The quantitative estimate of drug-likeness (QED) is 0.211. The van der Waals surface area contributed by atoms with Crippen LogP contribution in [0.25, 0.3) is 6.08 Å². The Morgan fingerprint density at radius 1 is 0.884 bits per heavy atom. The zero-order valence-electron chi connectivity index (χ0n) is 23.2. The molecule has 1 saturated heterocycles. The van der Waals surface area contributed by atoms with Crippen LogP contribution in [0.2, 0.25) is 0 Å². The highest BCUT2D eigenvalue weighted by Gasteiger charge is 2.56. The number of amides is 2. The second-order valence-electron chi connectivity index (χ2n) is 10.3. The molecular formula is C35H29N3O4S. The summed E-state index contributed by atoms with van der Waals surface area (Å²) >= 11 is 1.40. The molecule has 0 aliphatic carbocycles. The zero-order chi connectivity index (χ0) is 29.6. The number of nitrogens with zero attached hydrogens (tertiary/aromatic N) is 2. The molecule has 0 bridgehead atoms. The molecule has 214 valence electrons. The van der Waals surface area contributed by atoms with Crippen molar-refractivity contribution in [2.75, 3.05) is 0 Å². The van der Waals surface area contributed by atoms with E-state index in [-0.39, 0.29) is 18.2 Å². The first-order chi connectivity index (χ1) is 21.1. The largest absolute Gasteiger partial charge is 0.451 e. The van der Waals surface area contributed by atoms with Gasteiger partial charge in [-0.3, -0.25) is 14.6 Å². The van der Waals surface area contributed by atoms with Crippen molar-refractivity contribution in [3.05, 3.63) is 155 Å². The standard InChI is InChI=1S/C35H29N3O4S/c39-29(21-24-11-4-1-5-12-24)37-30-33(40)38-31(28(23-43-34(30)38)19-18-25-13-10-20-36-22-25)35(41)42-32(26-14-6-2-7-15-26)27-16-8-3-9-17-27/h1-20,22-23,30-32,34H,21H2,(H,37,39)/b19-18+/t30?,31?,34-/m1/s1. The molecule has 1 fully saturated rings. The van der Waals surface area contributed by atoms with E-state index in [1.54, 1.807) is 12.4 Å². The van der Waals surface area contributed by atoms with Gasteiger partial charge in [0, 0.05) is 12.4 Å². The predicted octanol–water partition coefficient (Wildman–Crippen LogP) is 5.32. The molecule has 0 radical (unpaired) electrons. The monoisotopic (exact) mass is 587 g/mol. The molecule has 2 amide bonds. The lowest BCUT2D eigenvalue weighted by Gasteiger charge is -2.51. The first-order valence-electron chi connectivity index (χ1n) is 14.0. The first kappa shape index (κ1) is 28.2. The van der Waals surface area contributed by atoms with E-state index in [0.717, 1.165) is 22.3 Å². The van der Waals surface area contributed by atoms with E-state index in [0.29, 0.717) is 5.57 Å². The summed E-state index contributed by atoms with van der Waals surface area (Å²) in [6.07, 6.45) is 6.59. The van der Waals surface area contributed by atoms with Crippen LogP contribution in [0, 0.1) is 0 Å². The summed E-state index contributed by atoms with van der Waals surface area (Å²) in [5.41, 5.74) is 3.98. The van der Waals surface area contributed by atoms with Crippen molar-refractivity contribution in [2.24, 2.45) is 0 Å². The molecule has 6 rings (SSSR count). The van der Waals surface area contributed by atoms with Gasteiger partial charge in [0.05, 0.1) is 6.42 Å². The number of thioether (sulfide) groups is 1. The molecule has 2 aliphatic heterocycles. The molecule has 4 aromatic rings. The fraction of sp³-hybridized carbons (Fsp3) is 0.143. The van der Waals surface area contributed by atoms with Gasteiger partial charge in [0.1, 0.15) is 11.4 Å². The normalized spacial score (nSPS) is 19.4. The third-order valence-corrected chi connectivity index (χ3v) is 8.54.